The number of rotatable bonds is 5. The summed E-state index contributed by atoms with van der Waals surface area (Å²) < 4.78 is 18.9. The lowest BCUT2D eigenvalue weighted by molar-refractivity contribution is 0.159. The van der Waals surface area contributed by atoms with Gasteiger partial charge in [-0.25, -0.2) is 14.4 Å². The van der Waals surface area contributed by atoms with E-state index in [1.54, 1.807) is 12.3 Å². The standard InChI is InChI=1S/C23H26FN7OS/c1-29-8-10-31(11-9-29)26-15-18-12-17(13-19(24)21(18)32)23-27-22(28-33-23)16-4-5-20(25-14-16)30-6-2-3-7-30/h4-5,12-15,32H,2-3,6-11H2,1H3/b26-15+. The Balaban J connectivity index is 1.35. The zero-order valence-electron chi connectivity index (χ0n) is 18.5. The van der Waals surface area contributed by atoms with Crippen LogP contribution in [-0.2, 0) is 0 Å². The molecule has 0 saturated carbocycles. The maximum atomic E-state index is 14.5. The number of anilines is 1. The molecule has 0 unspecified atom stereocenters. The van der Waals surface area contributed by atoms with Crippen LogP contribution in [0.25, 0.3) is 22.0 Å². The number of benzene rings is 1. The summed E-state index contributed by atoms with van der Waals surface area (Å²) in [5, 5.41) is 17.1. The van der Waals surface area contributed by atoms with Gasteiger partial charge in [0.05, 0.1) is 6.21 Å². The topological polar surface area (TPSA) is 81.0 Å². The fourth-order valence-corrected chi connectivity index (χ4v) is 4.68. The van der Waals surface area contributed by atoms with E-state index < -0.39 is 11.6 Å². The van der Waals surface area contributed by atoms with E-state index >= 15 is 0 Å². The molecule has 0 spiro atoms. The molecule has 0 atom stereocenters. The van der Waals surface area contributed by atoms with Gasteiger partial charge in [-0.05, 0) is 55.7 Å². The predicted molar refractivity (Wildman–Crippen MR) is 128 cm³/mol. The van der Waals surface area contributed by atoms with E-state index in [1.807, 2.05) is 17.1 Å². The number of pyridine rings is 1. The Morgan fingerprint density at radius 3 is 2.58 bits per heavy atom. The fraction of sp³-hybridized carbons (Fsp3) is 0.391. The van der Waals surface area contributed by atoms with Gasteiger partial charge >= 0.3 is 0 Å². The molecule has 10 heteroatoms. The largest absolute Gasteiger partial charge is 0.504 e. The first-order valence-corrected chi connectivity index (χ1v) is 11.9. The second-order valence-electron chi connectivity index (χ2n) is 8.42. The number of aromatic nitrogens is 3. The minimum atomic E-state index is -0.708. The number of aromatic hydroxyl groups is 1. The van der Waals surface area contributed by atoms with Crippen LogP contribution in [0.2, 0.25) is 0 Å². The minimum Gasteiger partial charge on any atom is -0.504 e. The van der Waals surface area contributed by atoms with Crippen LogP contribution in [0.3, 0.4) is 0 Å². The molecule has 2 saturated heterocycles. The zero-order valence-corrected chi connectivity index (χ0v) is 19.3. The molecule has 2 aliphatic heterocycles. The highest BCUT2D eigenvalue weighted by molar-refractivity contribution is 7.09. The van der Waals surface area contributed by atoms with Gasteiger partial charge in [-0.3, -0.25) is 5.01 Å². The SMILES string of the molecule is CN1CCN(/N=C/c2cc(-c3nc(-c4ccc(N5CCCC5)nc4)ns3)cc(F)c2O)CC1. The Hall–Kier alpha value is -3.11. The van der Waals surface area contributed by atoms with Gasteiger partial charge in [0.15, 0.2) is 17.4 Å². The summed E-state index contributed by atoms with van der Waals surface area (Å²) in [5.74, 6) is 0.400. The molecule has 2 aromatic heterocycles. The molecular formula is C23H26FN7OS. The molecular weight excluding hydrogens is 441 g/mol. The van der Waals surface area contributed by atoms with Crippen LogP contribution in [-0.4, -0.2) is 81.9 Å². The van der Waals surface area contributed by atoms with E-state index in [0.29, 0.717) is 22.0 Å². The van der Waals surface area contributed by atoms with E-state index in [0.717, 1.165) is 50.6 Å². The third-order valence-corrected chi connectivity index (χ3v) is 6.81. The Labute approximate surface area is 196 Å². The zero-order chi connectivity index (χ0) is 22.8. The van der Waals surface area contributed by atoms with Gasteiger partial charge in [0, 0.05) is 62.2 Å². The van der Waals surface area contributed by atoms with Crippen molar-refractivity contribution in [1.29, 1.82) is 0 Å². The smallest absolute Gasteiger partial charge is 0.174 e. The number of halogens is 1. The number of phenols is 1. The number of hydrazone groups is 1. The first-order chi connectivity index (χ1) is 16.1. The summed E-state index contributed by atoms with van der Waals surface area (Å²) >= 11 is 1.19. The Morgan fingerprint density at radius 1 is 1.06 bits per heavy atom. The summed E-state index contributed by atoms with van der Waals surface area (Å²) in [6.07, 6.45) is 5.69. The highest BCUT2D eigenvalue weighted by atomic mass is 32.1. The lowest BCUT2D eigenvalue weighted by atomic mass is 10.1. The monoisotopic (exact) mass is 467 g/mol. The number of likely N-dealkylation sites (N-methyl/N-ethyl adjacent to an activating group) is 1. The highest BCUT2D eigenvalue weighted by Gasteiger charge is 2.17. The van der Waals surface area contributed by atoms with E-state index in [-0.39, 0.29) is 0 Å². The molecule has 0 aliphatic carbocycles. The van der Waals surface area contributed by atoms with Crippen LogP contribution < -0.4 is 4.90 Å². The number of phenolic OH excluding ortho intramolecular Hbond substituents is 1. The van der Waals surface area contributed by atoms with Crippen molar-refractivity contribution in [2.24, 2.45) is 5.10 Å². The summed E-state index contributed by atoms with van der Waals surface area (Å²) in [7, 11) is 2.07. The molecule has 0 amide bonds. The first-order valence-electron chi connectivity index (χ1n) is 11.1. The lowest BCUT2D eigenvalue weighted by Gasteiger charge is -2.30. The molecule has 4 heterocycles. The van der Waals surface area contributed by atoms with Crippen LogP contribution in [0.15, 0.2) is 35.6 Å². The highest BCUT2D eigenvalue weighted by Crippen LogP contribution is 2.31. The molecule has 0 radical (unpaired) electrons. The minimum absolute atomic E-state index is 0.317. The average molecular weight is 468 g/mol. The molecule has 3 aromatic rings. The van der Waals surface area contributed by atoms with Gasteiger partial charge < -0.3 is 14.9 Å². The van der Waals surface area contributed by atoms with Gasteiger partial charge in [-0.1, -0.05) is 0 Å². The normalized spacial score (nSPS) is 17.4. The number of piperazine rings is 1. The first kappa shape index (κ1) is 21.7. The van der Waals surface area contributed by atoms with Crippen molar-refractivity contribution in [3.8, 4) is 27.7 Å². The van der Waals surface area contributed by atoms with Gasteiger partial charge in [0.1, 0.15) is 10.8 Å². The van der Waals surface area contributed by atoms with Gasteiger partial charge in [0.25, 0.3) is 0 Å². The second-order valence-corrected chi connectivity index (χ2v) is 9.17. The number of hydrogen-bond acceptors (Lipinski definition) is 9. The van der Waals surface area contributed by atoms with Crippen molar-refractivity contribution in [3.63, 3.8) is 0 Å². The second kappa shape index (κ2) is 9.40. The molecule has 0 bridgehead atoms. The maximum Gasteiger partial charge on any atom is 0.174 e. The fourth-order valence-electron chi connectivity index (χ4n) is 4.01. The van der Waals surface area contributed by atoms with Crippen LogP contribution in [0.1, 0.15) is 18.4 Å². The summed E-state index contributed by atoms with van der Waals surface area (Å²) in [6.45, 7) is 5.50. The number of nitrogens with zero attached hydrogens (tertiary/aromatic N) is 7. The van der Waals surface area contributed by atoms with Crippen molar-refractivity contribution in [2.45, 2.75) is 12.8 Å². The quantitative estimate of drug-likeness (QED) is 0.577. The molecule has 2 aliphatic rings. The molecule has 2 fully saturated rings. The van der Waals surface area contributed by atoms with Crippen LogP contribution in [0, 0.1) is 5.82 Å². The predicted octanol–water partition coefficient (Wildman–Crippen LogP) is 3.29. The molecule has 33 heavy (non-hydrogen) atoms. The van der Waals surface area contributed by atoms with E-state index in [4.69, 9.17) is 0 Å². The van der Waals surface area contributed by atoms with Crippen molar-refractivity contribution in [2.75, 3.05) is 51.2 Å². The Morgan fingerprint density at radius 2 is 1.85 bits per heavy atom. The van der Waals surface area contributed by atoms with E-state index in [2.05, 4.69) is 36.3 Å². The molecule has 172 valence electrons. The molecule has 1 aromatic carbocycles. The van der Waals surface area contributed by atoms with E-state index in [9.17, 15) is 9.50 Å². The third kappa shape index (κ3) is 4.81. The summed E-state index contributed by atoms with van der Waals surface area (Å²) in [5.41, 5.74) is 1.68. The van der Waals surface area contributed by atoms with Crippen molar-refractivity contribution >= 4 is 23.6 Å². The maximum absolute atomic E-state index is 14.5. The molecule has 8 nitrogen and oxygen atoms in total. The van der Waals surface area contributed by atoms with Gasteiger partial charge in [-0.15, -0.1) is 0 Å². The van der Waals surface area contributed by atoms with Gasteiger partial charge in [-0.2, -0.15) is 9.47 Å². The number of hydrogen-bond donors (Lipinski definition) is 1. The van der Waals surface area contributed by atoms with Crippen LogP contribution in [0.4, 0.5) is 10.2 Å². The van der Waals surface area contributed by atoms with Crippen molar-refractivity contribution < 1.29 is 9.50 Å². The average Bonchev–Trinajstić information content (AvgIpc) is 3.54. The molecule has 1 N–H and O–H groups in total. The lowest BCUT2D eigenvalue weighted by Crippen LogP contribution is -2.41. The Bertz CT molecular complexity index is 1140. The van der Waals surface area contributed by atoms with Crippen LogP contribution >= 0.6 is 11.5 Å². The Kier molecular flexibility index (Phi) is 6.19. The third-order valence-electron chi connectivity index (χ3n) is 6.04. The van der Waals surface area contributed by atoms with E-state index in [1.165, 1.54) is 36.7 Å². The summed E-state index contributed by atoms with van der Waals surface area (Å²) in [6, 6.07) is 6.94. The van der Waals surface area contributed by atoms with Crippen molar-refractivity contribution in [3.05, 3.63) is 41.8 Å². The molecule has 5 rings (SSSR count). The van der Waals surface area contributed by atoms with Crippen molar-refractivity contribution in [1.82, 2.24) is 24.3 Å². The van der Waals surface area contributed by atoms with Gasteiger partial charge in [0.2, 0.25) is 0 Å². The van der Waals surface area contributed by atoms with Crippen LogP contribution in [0.5, 0.6) is 5.75 Å². The summed E-state index contributed by atoms with van der Waals surface area (Å²) in [4.78, 5) is 13.7.